The van der Waals surface area contributed by atoms with E-state index in [1.807, 2.05) is 30.3 Å². The van der Waals surface area contributed by atoms with Crippen LogP contribution in [0.5, 0.6) is 0 Å². The van der Waals surface area contributed by atoms with Gasteiger partial charge >= 0.3 is 0 Å². The second-order valence-electron chi connectivity index (χ2n) is 8.08. The molecule has 5 rings (SSSR count). The first-order valence-electron chi connectivity index (χ1n) is 9.93. The number of amides is 1. The number of ether oxygens (including phenoxy) is 1. The summed E-state index contributed by atoms with van der Waals surface area (Å²) in [5, 5.41) is 12.7. The molecule has 1 saturated heterocycles. The minimum atomic E-state index is -1.77. The van der Waals surface area contributed by atoms with Crippen LogP contribution in [0, 0.1) is 0 Å². The van der Waals surface area contributed by atoms with Gasteiger partial charge in [-0.05, 0) is 18.4 Å². The molecule has 8 heteroatoms. The molecule has 1 N–H and O–H groups in total. The van der Waals surface area contributed by atoms with Crippen molar-refractivity contribution in [1.29, 1.82) is 0 Å². The van der Waals surface area contributed by atoms with Crippen LogP contribution in [0.2, 0.25) is 20.1 Å². The van der Waals surface area contributed by atoms with Gasteiger partial charge in [0, 0.05) is 12.1 Å². The van der Waals surface area contributed by atoms with E-state index in [1.165, 1.54) is 4.90 Å². The summed E-state index contributed by atoms with van der Waals surface area (Å²) in [5.41, 5.74) is -1.44. The third-order valence-corrected chi connectivity index (χ3v) is 8.65. The highest BCUT2D eigenvalue weighted by atomic mass is 35.5. The maximum Gasteiger partial charge on any atom is 0.258 e. The van der Waals surface area contributed by atoms with Crippen molar-refractivity contribution in [1.82, 2.24) is 4.90 Å². The molecule has 0 radical (unpaired) electrons. The fraction of sp³-hybridized carbons (Fsp3) is 0.409. The second kappa shape index (κ2) is 7.26. The van der Waals surface area contributed by atoms with Crippen LogP contribution < -0.4 is 0 Å². The van der Waals surface area contributed by atoms with Crippen LogP contribution >= 0.6 is 46.4 Å². The summed E-state index contributed by atoms with van der Waals surface area (Å²) in [5.74, 6) is -0.414. The number of rotatable bonds is 1. The standard InChI is InChI=1S/C22H19Cl4NO3/c23-16-14-15(17(24)19(26)18(16)25)22(29)21(12-6-2-1-3-7-12)9-5-4-8-13(21)30-11-10-27(22)20(14)28/h1-3,6-7,13,29H,4-5,8-11H2/t13-,21-,22+/m1/s1. The average molecular weight is 487 g/mol. The van der Waals surface area contributed by atoms with Crippen molar-refractivity contribution >= 4 is 52.3 Å². The SMILES string of the molecule is O=C1c2c(Cl)c(Cl)c(Cl)c(Cl)c2[C@@]2(O)N1CCO[C@@H]1CCCC[C@@]12c1ccccc1. The lowest BCUT2D eigenvalue weighted by atomic mass is 9.59. The van der Waals surface area contributed by atoms with E-state index in [0.29, 0.717) is 13.0 Å². The molecule has 0 unspecified atom stereocenters. The highest BCUT2D eigenvalue weighted by Crippen LogP contribution is 2.62. The molecule has 2 fully saturated rings. The Balaban J connectivity index is 1.91. The largest absolute Gasteiger partial charge is 0.375 e. The predicted octanol–water partition coefficient (Wildman–Crippen LogP) is 5.81. The van der Waals surface area contributed by atoms with Gasteiger partial charge in [-0.2, -0.15) is 0 Å². The first-order valence-corrected chi connectivity index (χ1v) is 11.4. The molecule has 0 bridgehead atoms. The smallest absolute Gasteiger partial charge is 0.258 e. The molecule has 2 heterocycles. The van der Waals surface area contributed by atoms with Crippen LogP contribution in [-0.4, -0.2) is 35.2 Å². The third-order valence-electron chi connectivity index (χ3n) is 6.85. The van der Waals surface area contributed by atoms with Gasteiger partial charge in [-0.15, -0.1) is 0 Å². The normalized spacial score (nSPS) is 30.5. The minimum absolute atomic E-state index is 0.0156. The number of aliphatic hydroxyl groups is 1. The topological polar surface area (TPSA) is 49.8 Å². The number of benzene rings is 2. The molecule has 2 aromatic rings. The van der Waals surface area contributed by atoms with E-state index in [4.69, 9.17) is 51.1 Å². The van der Waals surface area contributed by atoms with Crippen molar-refractivity contribution < 1.29 is 14.6 Å². The molecule has 30 heavy (non-hydrogen) atoms. The quantitative estimate of drug-likeness (QED) is 0.408. The number of hydrogen-bond donors (Lipinski definition) is 1. The Morgan fingerprint density at radius 1 is 1.00 bits per heavy atom. The van der Waals surface area contributed by atoms with Crippen molar-refractivity contribution in [2.45, 2.75) is 42.9 Å². The summed E-state index contributed by atoms with van der Waals surface area (Å²) in [6, 6.07) is 9.72. The van der Waals surface area contributed by atoms with E-state index in [0.717, 1.165) is 24.8 Å². The summed E-state index contributed by atoms with van der Waals surface area (Å²) in [7, 11) is 0. The van der Waals surface area contributed by atoms with Crippen molar-refractivity contribution in [3.8, 4) is 0 Å². The van der Waals surface area contributed by atoms with E-state index in [1.54, 1.807) is 0 Å². The highest BCUT2D eigenvalue weighted by molar-refractivity contribution is 6.53. The van der Waals surface area contributed by atoms with E-state index < -0.39 is 17.0 Å². The molecule has 2 aromatic carbocycles. The van der Waals surface area contributed by atoms with E-state index >= 15 is 0 Å². The molecule has 158 valence electrons. The predicted molar refractivity (Wildman–Crippen MR) is 118 cm³/mol. The van der Waals surface area contributed by atoms with Gasteiger partial charge in [-0.1, -0.05) is 89.6 Å². The van der Waals surface area contributed by atoms with Crippen LogP contribution in [0.15, 0.2) is 30.3 Å². The summed E-state index contributed by atoms with van der Waals surface area (Å²) in [4.78, 5) is 15.0. The zero-order valence-electron chi connectivity index (χ0n) is 15.9. The molecule has 1 saturated carbocycles. The van der Waals surface area contributed by atoms with E-state index in [9.17, 15) is 9.90 Å². The Labute approximate surface area is 194 Å². The van der Waals surface area contributed by atoms with Crippen LogP contribution in [0.3, 0.4) is 0 Å². The highest BCUT2D eigenvalue weighted by Gasteiger charge is 2.68. The number of hydrogen-bond acceptors (Lipinski definition) is 3. The van der Waals surface area contributed by atoms with Crippen LogP contribution in [0.1, 0.15) is 47.2 Å². The van der Waals surface area contributed by atoms with Crippen molar-refractivity contribution in [3.63, 3.8) is 0 Å². The fourth-order valence-corrected chi connectivity index (χ4v) is 6.69. The zero-order chi connectivity index (χ0) is 21.3. The zero-order valence-corrected chi connectivity index (χ0v) is 19.0. The summed E-state index contributed by atoms with van der Waals surface area (Å²) in [6.45, 7) is 0.509. The molecular weight excluding hydrogens is 468 g/mol. The maximum atomic E-state index is 13.5. The molecule has 1 amide bonds. The fourth-order valence-electron chi connectivity index (χ4n) is 5.62. The average Bonchev–Trinajstić information content (AvgIpc) is 2.90. The van der Waals surface area contributed by atoms with Gasteiger partial charge in [0.1, 0.15) is 0 Å². The van der Waals surface area contributed by atoms with E-state index in [-0.39, 0.29) is 43.9 Å². The number of halogens is 4. The van der Waals surface area contributed by atoms with Crippen molar-refractivity contribution in [2.24, 2.45) is 0 Å². The van der Waals surface area contributed by atoms with Gasteiger partial charge in [0.05, 0.1) is 43.8 Å². The number of nitrogens with zero attached hydrogens (tertiary/aromatic N) is 1. The Bertz CT molecular complexity index is 1050. The Morgan fingerprint density at radius 3 is 2.43 bits per heavy atom. The molecule has 3 aliphatic rings. The molecule has 3 atom stereocenters. The molecule has 0 spiro atoms. The number of carbonyl (C=O) groups excluding carboxylic acids is 1. The summed E-state index contributed by atoms with van der Waals surface area (Å²) in [6.07, 6.45) is 2.94. The third kappa shape index (κ3) is 2.47. The lowest BCUT2D eigenvalue weighted by Crippen LogP contribution is -2.63. The van der Waals surface area contributed by atoms with Gasteiger partial charge in [-0.25, -0.2) is 0 Å². The summed E-state index contributed by atoms with van der Waals surface area (Å²) < 4.78 is 6.26. The lowest BCUT2D eigenvalue weighted by Gasteiger charge is -2.53. The van der Waals surface area contributed by atoms with Crippen LogP contribution in [0.4, 0.5) is 0 Å². The Kier molecular flexibility index (Phi) is 5.05. The number of carbonyl (C=O) groups is 1. The van der Waals surface area contributed by atoms with Gasteiger partial charge in [0.2, 0.25) is 0 Å². The van der Waals surface area contributed by atoms with Crippen LogP contribution in [0.25, 0.3) is 0 Å². The van der Waals surface area contributed by atoms with Crippen LogP contribution in [-0.2, 0) is 15.9 Å². The first kappa shape index (κ1) is 20.9. The second-order valence-corrected chi connectivity index (χ2v) is 9.59. The monoisotopic (exact) mass is 485 g/mol. The molecule has 2 aliphatic heterocycles. The van der Waals surface area contributed by atoms with Gasteiger partial charge in [0.25, 0.3) is 5.91 Å². The Hall–Kier alpha value is -1.01. The minimum Gasteiger partial charge on any atom is -0.375 e. The van der Waals surface area contributed by atoms with Crippen molar-refractivity contribution in [3.05, 3.63) is 67.1 Å². The molecule has 0 aromatic heterocycles. The molecule has 4 nitrogen and oxygen atoms in total. The van der Waals surface area contributed by atoms with E-state index in [2.05, 4.69) is 0 Å². The Morgan fingerprint density at radius 2 is 1.70 bits per heavy atom. The van der Waals surface area contributed by atoms with Gasteiger partial charge in [-0.3, -0.25) is 4.79 Å². The number of fused-ring (bicyclic) bond motifs is 5. The molecular formula is C22H19Cl4NO3. The lowest BCUT2D eigenvalue weighted by molar-refractivity contribution is -0.172. The van der Waals surface area contributed by atoms with Gasteiger partial charge < -0.3 is 14.7 Å². The summed E-state index contributed by atoms with van der Waals surface area (Å²) >= 11 is 25.8. The molecule has 1 aliphatic carbocycles. The van der Waals surface area contributed by atoms with Crippen molar-refractivity contribution in [2.75, 3.05) is 13.2 Å². The van der Waals surface area contributed by atoms with Gasteiger partial charge in [0.15, 0.2) is 5.72 Å². The maximum absolute atomic E-state index is 13.5. The first-order chi connectivity index (χ1) is 14.4.